The fourth-order valence-electron chi connectivity index (χ4n) is 6.62. The summed E-state index contributed by atoms with van der Waals surface area (Å²) in [4.78, 5) is 2.26. The molecule has 1 aromatic heterocycles. The summed E-state index contributed by atoms with van der Waals surface area (Å²) in [6.45, 7) is 11.2. The maximum Gasteiger partial charge on any atom is 0.416 e. The molecule has 4 aromatic rings. The molecule has 2 aliphatic rings. The summed E-state index contributed by atoms with van der Waals surface area (Å²) < 4.78 is 57.4. The van der Waals surface area contributed by atoms with E-state index < -0.39 is 17.3 Å². The van der Waals surface area contributed by atoms with Crippen LogP contribution in [0.2, 0.25) is 0 Å². The summed E-state index contributed by atoms with van der Waals surface area (Å²) in [6.07, 6.45) is -0.525. The number of para-hydroxylation sites is 1. The molecular formula is C35H35F4N3. The smallest absolute Gasteiger partial charge is 0.284 e. The van der Waals surface area contributed by atoms with E-state index >= 15 is 4.39 Å². The summed E-state index contributed by atoms with van der Waals surface area (Å²) in [5, 5.41) is 5.30. The van der Waals surface area contributed by atoms with Crippen LogP contribution in [0.1, 0.15) is 77.9 Å². The predicted octanol–water partition coefficient (Wildman–Crippen LogP) is 9.11. The van der Waals surface area contributed by atoms with E-state index in [9.17, 15) is 13.2 Å². The van der Waals surface area contributed by atoms with E-state index in [-0.39, 0.29) is 5.83 Å². The molecule has 0 spiro atoms. The molecule has 6 rings (SSSR count). The van der Waals surface area contributed by atoms with Crippen molar-refractivity contribution in [2.24, 2.45) is 0 Å². The van der Waals surface area contributed by atoms with E-state index in [1.807, 2.05) is 22.9 Å². The van der Waals surface area contributed by atoms with E-state index in [2.05, 4.69) is 50.8 Å². The molecule has 0 unspecified atom stereocenters. The van der Waals surface area contributed by atoms with Crippen LogP contribution in [0.3, 0.4) is 0 Å². The first-order valence-corrected chi connectivity index (χ1v) is 14.6. The summed E-state index contributed by atoms with van der Waals surface area (Å²) >= 11 is 0. The van der Waals surface area contributed by atoms with Gasteiger partial charge in [0.05, 0.1) is 28.2 Å². The van der Waals surface area contributed by atoms with Gasteiger partial charge in [0.1, 0.15) is 5.83 Å². The third-order valence-corrected chi connectivity index (χ3v) is 9.06. The van der Waals surface area contributed by atoms with Crippen LogP contribution in [0, 0.1) is 6.92 Å². The molecule has 3 nitrogen and oxygen atoms in total. The summed E-state index contributed by atoms with van der Waals surface area (Å²) in [5.41, 5.74) is 8.95. The number of hydrogen-bond donors (Lipinski definition) is 0. The van der Waals surface area contributed by atoms with Gasteiger partial charge >= 0.3 is 6.18 Å². The highest BCUT2D eigenvalue weighted by Crippen LogP contribution is 2.48. The Morgan fingerprint density at radius 2 is 1.62 bits per heavy atom. The number of benzene rings is 3. The van der Waals surface area contributed by atoms with Crippen molar-refractivity contribution in [2.45, 2.75) is 78.7 Å². The lowest BCUT2D eigenvalue weighted by molar-refractivity contribution is -0.137. The van der Waals surface area contributed by atoms with Crippen LogP contribution in [0.15, 0.2) is 60.7 Å². The number of nitrogens with zero attached hydrogens (tertiary/aromatic N) is 3. The van der Waals surface area contributed by atoms with Crippen molar-refractivity contribution >= 4 is 5.83 Å². The molecule has 1 aliphatic carbocycles. The minimum Gasteiger partial charge on any atom is -0.284 e. The van der Waals surface area contributed by atoms with Crippen LogP contribution in [-0.2, 0) is 44.1 Å². The molecule has 0 saturated carbocycles. The molecule has 3 aromatic carbocycles. The van der Waals surface area contributed by atoms with Gasteiger partial charge in [-0.15, -0.1) is 0 Å². The third-order valence-electron chi connectivity index (χ3n) is 9.06. The lowest BCUT2D eigenvalue weighted by atomic mass is 9.94. The fourth-order valence-corrected chi connectivity index (χ4v) is 6.62. The summed E-state index contributed by atoms with van der Waals surface area (Å²) in [6, 6.07) is 16.3. The van der Waals surface area contributed by atoms with Crippen molar-refractivity contribution in [3.05, 3.63) is 111 Å². The zero-order chi connectivity index (χ0) is 30.0. The van der Waals surface area contributed by atoms with E-state index in [1.165, 1.54) is 17.2 Å². The molecule has 0 fully saturated rings. The molecule has 0 saturated heterocycles. The van der Waals surface area contributed by atoms with Crippen molar-refractivity contribution in [1.29, 1.82) is 0 Å². The number of alkyl halides is 3. The van der Waals surface area contributed by atoms with Crippen LogP contribution >= 0.6 is 0 Å². The Hall–Kier alpha value is -3.71. The number of aryl methyl sites for hydroxylation is 3. The minimum absolute atomic E-state index is 0.212. The SMILES string of the molecule is CCc1cccc(CC)c1-n1nc2c(c1-c1cccc3c1C(F)=CC3)CN(Cc1ccc(C(F)(F)F)cc1C)C2(C)C. The van der Waals surface area contributed by atoms with Crippen molar-refractivity contribution in [3.63, 3.8) is 0 Å². The summed E-state index contributed by atoms with van der Waals surface area (Å²) in [5.74, 6) is -0.212. The number of aromatic nitrogens is 2. The number of allylic oxidation sites excluding steroid dienone is 1. The minimum atomic E-state index is -4.38. The first-order valence-electron chi connectivity index (χ1n) is 14.6. The van der Waals surface area contributed by atoms with Crippen LogP contribution in [0.5, 0.6) is 0 Å². The van der Waals surface area contributed by atoms with Gasteiger partial charge in [-0.2, -0.15) is 18.3 Å². The molecule has 218 valence electrons. The van der Waals surface area contributed by atoms with Crippen molar-refractivity contribution in [2.75, 3.05) is 0 Å². The molecule has 0 N–H and O–H groups in total. The van der Waals surface area contributed by atoms with Crippen LogP contribution in [0.25, 0.3) is 22.8 Å². The fraction of sp³-hybridized carbons (Fsp3) is 0.343. The highest BCUT2D eigenvalue weighted by Gasteiger charge is 2.44. The highest BCUT2D eigenvalue weighted by molar-refractivity contribution is 5.84. The lowest BCUT2D eigenvalue weighted by Gasteiger charge is -2.32. The number of hydrogen-bond acceptors (Lipinski definition) is 2. The zero-order valence-corrected chi connectivity index (χ0v) is 24.7. The Morgan fingerprint density at radius 3 is 2.26 bits per heavy atom. The van der Waals surface area contributed by atoms with Crippen LogP contribution < -0.4 is 0 Å². The Labute approximate surface area is 244 Å². The molecule has 0 bridgehead atoms. The largest absolute Gasteiger partial charge is 0.416 e. The molecule has 0 amide bonds. The lowest BCUT2D eigenvalue weighted by Crippen LogP contribution is -2.36. The van der Waals surface area contributed by atoms with Gasteiger partial charge in [-0.25, -0.2) is 9.07 Å². The van der Waals surface area contributed by atoms with E-state index in [1.54, 1.807) is 19.1 Å². The molecule has 0 radical (unpaired) electrons. The van der Waals surface area contributed by atoms with Crippen LogP contribution in [0.4, 0.5) is 17.6 Å². The average molecular weight is 574 g/mol. The number of halogens is 4. The van der Waals surface area contributed by atoms with Gasteiger partial charge in [0.2, 0.25) is 0 Å². The molecular weight excluding hydrogens is 538 g/mol. The second-order valence-electron chi connectivity index (χ2n) is 11.9. The van der Waals surface area contributed by atoms with Gasteiger partial charge in [-0.3, -0.25) is 4.90 Å². The second-order valence-corrected chi connectivity index (χ2v) is 11.9. The Balaban J connectivity index is 1.52. The van der Waals surface area contributed by atoms with E-state index in [0.29, 0.717) is 30.6 Å². The predicted molar refractivity (Wildman–Crippen MR) is 159 cm³/mol. The molecule has 0 atom stereocenters. The van der Waals surface area contributed by atoms with Gasteiger partial charge in [-0.05, 0) is 86.1 Å². The first kappa shape index (κ1) is 28.4. The summed E-state index contributed by atoms with van der Waals surface area (Å²) in [7, 11) is 0. The zero-order valence-electron chi connectivity index (χ0n) is 24.7. The molecule has 42 heavy (non-hydrogen) atoms. The molecule has 1 aliphatic heterocycles. The van der Waals surface area contributed by atoms with Gasteiger partial charge < -0.3 is 0 Å². The Kier molecular flexibility index (Phi) is 6.92. The molecule has 7 heteroatoms. The third kappa shape index (κ3) is 4.49. The quantitative estimate of drug-likeness (QED) is 0.215. The van der Waals surface area contributed by atoms with E-state index in [0.717, 1.165) is 58.2 Å². The first-order chi connectivity index (χ1) is 20.0. The van der Waals surface area contributed by atoms with Crippen molar-refractivity contribution in [1.82, 2.24) is 14.7 Å². The molecule has 2 heterocycles. The number of fused-ring (bicyclic) bond motifs is 2. The second kappa shape index (κ2) is 10.2. The van der Waals surface area contributed by atoms with Crippen molar-refractivity contribution in [3.8, 4) is 16.9 Å². The standard InChI is InChI=1S/C35H35F4N3/c1-6-22-10-8-11-23(7-2)31(22)42-32(27-13-9-12-24-15-17-29(36)30(24)27)28-20-41(34(4,5)33(28)40-42)19-25-14-16-26(18-21(25)3)35(37,38)39/h8-14,16-18H,6-7,15,19-20H2,1-5H3. The van der Waals surface area contributed by atoms with Gasteiger partial charge in [0.15, 0.2) is 0 Å². The maximum absolute atomic E-state index is 15.4. The Morgan fingerprint density at radius 1 is 0.929 bits per heavy atom. The highest BCUT2D eigenvalue weighted by atomic mass is 19.4. The van der Waals surface area contributed by atoms with E-state index in [4.69, 9.17) is 5.10 Å². The van der Waals surface area contributed by atoms with Gasteiger partial charge in [0, 0.05) is 29.8 Å². The monoisotopic (exact) mass is 573 g/mol. The van der Waals surface area contributed by atoms with Crippen LogP contribution in [-0.4, -0.2) is 14.7 Å². The number of rotatable bonds is 6. The van der Waals surface area contributed by atoms with Gasteiger partial charge in [-0.1, -0.05) is 56.3 Å². The van der Waals surface area contributed by atoms with Crippen molar-refractivity contribution < 1.29 is 17.6 Å². The maximum atomic E-state index is 15.4. The Bertz CT molecular complexity index is 1700. The topological polar surface area (TPSA) is 21.1 Å². The average Bonchev–Trinajstić information content (AvgIpc) is 3.59. The van der Waals surface area contributed by atoms with Gasteiger partial charge in [0.25, 0.3) is 0 Å². The normalized spacial score (nSPS) is 16.1.